The molecule has 1 aliphatic heterocycles. The molecule has 2 atom stereocenters. The van der Waals surface area contributed by atoms with Crippen LogP contribution < -0.4 is 5.43 Å². The molecular weight excluding hydrogens is 250 g/mol. The molecule has 0 radical (unpaired) electrons. The molecule has 20 heavy (non-hydrogen) atoms. The van der Waals surface area contributed by atoms with Crippen LogP contribution in [-0.2, 0) is 4.79 Å². The van der Waals surface area contributed by atoms with E-state index < -0.39 is 0 Å². The summed E-state index contributed by atoms with van der Waals surface area (Å²) in [6.07, 6.45) is 2.87. The summed E-state index contributed by atoms with van der Waals surface area (Å²) >= 11 is 0. The molecule has 0 bridgehead atoms. The zero-order valence-electron chi connectivity index (χ0n) is 11.9. The molecule has 106 valence electrons. The number of likely N-dealkylation sites (tertiary alicyclic amines) is 1. The predicted molar refractivity (Wildman–Crippen MR) is 79.6 cm³/mol. The SMILES string of the molecule is CN1CCC(=NNC(=O)C2CC2c2ccccc2)CC1. The first-order valence-electron chi connectivity index (χ1n) is 7.33. The van der Waals surface area contributed by atoms with Gasteiger partial charge in [-0.3, -0.25) is 4.79 Å². The van der Waals surface area contributed by atoms with Gasteiger partial charge in [0.25, 0.3) is 0 Å². The number of hydrazone groups is 1. The summed E-state index contributed by atoms with van der Waals surface area (Å²) in [6.45, 7) is 2.07. The van der Waals surface area contributed by atoms with Gasteiger partial charge in [0, 0.05) is 37.6 Å². The van der Waals surface area contributed by atoms with E-state index in [1.807, 2.05) is 18.2 Å². The normalized spacial score (nSPS) is 26.1. The van der Waals surface area contributed by atoms with Gasteiger partial charge in [-0.05, 0) is 24.9 Å². The Morgan fingerprint density at radius 1 is 1.25 bits per heavy atom. The van der Waals surface area contributed by atoms with Crippen LogP contribution in [0.4, 0.5) is 0 Å². The van der Waals surface area contributed by atoms with Crippen LogP contribution >= 0.6 is 0 Å². The van der Waals surface area contributed by atoms with E-state index in [1.54, 1.807) is 0 Å². The Hall–Kier alpha value is -1.68. The van der Waals surface area contributed by atoms with Gasteiger partial charge in [-0.15, -0.1) is 0 Å². The van der Waals surface area contributed by atoms with Crippen molar-refractivity contribution in [2.45, 2.75) is 25.2 Å². The zero-order valence-corrected chi connectivity index (χ0v) is 11.9. The third-order valence-electron chi connectivity index (χ3n) is 4.24. The topological polar surface area (TPSA) is 44.7 Å². The van der Waals surface area contributed by atoms with Gasteiger partial charge in [0.05, 0.1) is 0 Å². The summed E-state index contributed by atoms with van der Waals surface area (Å²) in [5.41, 5.74) is 5.14. The average Bonchev–Trinajstić information content (AvgIpc) is 3.28. The van der Waals surface area contributed by atoms with Crippen LogP contribution in [0.5, 0.6) is 0 Å². The molecule has 3 rings (SSSR count). The van der Waals surface area contributed by atoms with E-state index in [0.29, 0.717) is 5.92 Å². The minimum atomic E-state index is 0.0743. The highest BCUT2D eigenvalue weighted by molar-refractivity contribution is 5.88. The average molecular weight is 271 g/mol. The Morgan fingerprint density at radius 3 is 2.65 bits per heavy atom. The van der Waals surface area contributed by atoms with E-state index in [0.717, 1.165) is 38.1 Å². The second-order valence-electron chi connectivity index (χ2n) is 5.82. The molecule has 2 aliphatic rings. The Morgan fingerprint density at radius 2 is 1.95 bits per heavy atom. The van der Waals surface area contributed by atoms with Crippen molar-refractivity contribution in [3.05, 3.63) is 35.9 Å². The first-order chi connectivity index (χ1) is 9.74. The first-order valence-corrected chi connectivity index (χ1v) is 7.33. The van der Waals surface area contributed by atoms with Crippen molar-refractivity contribution in [1.29, 1.82) is 0 Å². The molecule has 4 nitrogen and oxygen atoms in total. The summed E-state index contributed by atoms with van der Waals surface area (Å²) in [7, 11) is 2.12. The highest BCUT2D eigenvalue weighted by atomic mass is 16.2. The Bertz CT molecular complexity index is 502. The molecule has 1 aliphatic carbocycles. The smallest absolute Gasteiger partial charge is 0.243 e. The Kier molecular flexibility index (Phi) is 3.83. The highest BCUT2D eigenvalue weighted by Crippen LogP contribution is 2.47. The summed E-state index contributed by atoms with van der Waals surface area (Å²) in [5, 5.41) is 4.30. The number of hydrogen-bond acceptors (Lipinski definition) is 3. The summed E-state index contributed by atoms with van der Waals surface area (Å²) in [5.74, 6) is 0.562. The second kappa shape index (κ2) is 5.75. The Balaban J connectivity index is 1.50. The summed E-state index contributed by atoms with van der Waals surface area (Å²) in [4.78, 5) is 14.4. The fourth-order valence-electron chi connectivity index (χ4n) is 2.76. The maximum Gasteiger partial charge on any atom is 0.243 e. The van der Waals surface area contributed by atoms with Crippen molar-refractivity contribution in [3.8, 4) is 0 Å². The van der Waals surface area contributed by atoms with Gasteiger partial charge < -0.3 is 4.90 Å². The van der Waals surface area contributed by atoms with Gasteiger partial charge in [0.2, 0.25) is 5.91 Å². The quantitative estimate of drug-likeness (QED) is 0.854. The number of carbonyl (C=O) groups is 1. The van der Waals surface area contributed by atoms with Crippen LogP contribution in [0.1, 0.15) is 30.7 Å². The fourth-order valence-corrected chi connectivity index (χ4v) is 2.76. The van der Waals surface area contributed by atoms with Crippen LogP contribution in [0.15, 0.2) is 35.4 Å². The maximum atomic E-state index is 12.1. The van der Waals surface area contributed by atoms with E-state index in [9.17, 15) is 4.79 Å². The van der Waals surface area contributed by atoms with Crippen molar-refractivity contribution >= 4 is 11.6 Å². The molecule has 1 aromatic carbocycles. The van der Waals surface area contributed by atoms with Gasteiger partial charge in [-0.2, -0.15) is 5.10 Å². The molecule has 1 saturated heterocycles. The molecular formula is C16H21N3O. The molecule has 1 heterocycles. The summed E-state index contributed by atoms with van der Waals surface area (Å²) in [6, 6.07) is 10.3. The third kappa shape index (κ3) is 3.07. The van der Waals surface area contributed by atoms with Gasteiger partial charge >= 0.3 is 0 Å². The minimum Gasteiger partial charge on any atom is -0.306 e. The number of carbonyl (C=O) groups excluding carboxylic acids is 1. The van der Waals surface area contributed by atoms with Crippen molar-refractivity contribution in [1.82, 2.24) is 10.3 Å². The standard InChI is InChI=1S/C16H21N3O/c1-19-9-7-13(8-10-19)17-18-16(20)15-11-14(15)12-5-3-2-4-6-12/h2-6,14-15H,7-11H2,1H3,(H,18,20). The Labute approximate surface area is 119 Å². The first kappa shape index (κ1) is 13.3. The molecule has 1 aromatic rings. The fraction of sp³-hybridized carbons (Fsp3) is 0.500. The van der Waals surface area contributed by atoms with Crippen LogP contribution in [-0.4, -0.2) is 36.7 Å². The lowest BCUT2D eigenvalue weighted by Gasteiger charge is -2.22. The molecule has 1 N–H and O–H groups in total. The lowest BCUT2D eigenvalue weighted by atomic mass is 10.1. The highest BCUT2D eigenvalue weighted by Gasteiger charge is 2.43. The van der Waals surface area contributed by atoms with Gasteiger partial charge in [0.1, 0.15) is 0 Å². The largest absolute Gasteiger partial charge is 0.306 e. The van der Waals surface area contributed by atoms with Crippen LogP contribution in [0.3, 0.4) is 0 Å². The number of hydrogen-bond donors (Lipinski definition) is 1. The third-order valence-corrected chi connectivity index (χ3v) is 4.24. The number of amides is 1. The molecule has 2 unspecified atom stereocenters. The number of piperidine rings is 1. The minimum absolute atomic E-state index is 0.0743. The molecule has 2 fully saturated rings. The summed E-state index contributed by atoms with van der Waals surface area (Å²) < 4.78 is 0. The van der Waals surface area contributed by atoms with Crippen molar-refractivity contribution in [2.24, 2.45) is 11.0 Å². The van der Waals surface area contributed by atoms with E-state index in [1.165, 1.54) is 5.56 Å². The molecule has 0 aromatic heterocycles. The van der Waals surface area contributed by atoms with Crippen LogP contribution in [0, 0.1) is 5.92 Å². The molecule has 1 saturated carbocycles. The van der Waals surface area contributed by atoms with E-state index in [2.05, 4.69) is 34.6 Å². The van der Waals surface area contributed by atoms with Crippen molar-refractivity contribution < 1.29 is 4.79 Å². The van der Waals surface area contributed by atoms with E-state index in [4.69, 9.17) is 0 Å². The van der Waals surface area contributed by atoms with E-state index in [-0.39, 0.29) is 11.8 Å². The van der Waals surface area contributed by atoms with Gasteiger partial charge in [-0.1, -0.05) is 30.3 Å². The lowest BCUT2D eigenvalue weighted by molar-refractivity contribution is -0.122. The number of benzene rings is 1. The molecule has 0 spiro atoms. The second-order valence-corrected chi connectivity index (χ2v) is 5.82. The number of rotatable bonds is 3. The van der Waals surface area contributed by atoms with Crippen LogP contribution in [0.2, 0.25) is 0 Å². The van der Waals surface area contributed by atoms with Gasteiger partial charge in [-0.25, -0.2) is 5.43 Å². The zero-order chi connectivity index (χ0) is 13.9. The molecule has 1 amide bonds. The van der Waals surface area contributed by atoms with Crippen LogP contribution in [0.25, 0.3) is 0 Å². The van der Waals surface area contributed by atoms with Crippen molar-refractivity contribution in [2.75, 3.05) is 20.1 Å². The molecule has 4 heteroatoms. The van der Waals surface area contributed by atoms with Gasteiger partial charge in [0.15, 0.2) is 0 Å². The number of nitrogens with zero attached hydrogens (tertiary/aromatic N) is 2. The monoisotopic (exact) mass is 271 g/mol. The van der Waals surface area contributed by atoms with Crippen molar-refractivity contribution in [3.63, 3.8) is 0 Å². The predicted octanol–water partition coefficient (Wildman–Crippen LogP) is 1.99. The lowest BCUT2D eigenvalue weighted by Crippen LogP contribution is -2.32. The number of nitrogens with one attached hydrogen (secondary N) is 1. The maximum absolute atomic E-state index is 12.1. The van der Waals surface area contributed by atoms with E-state index >= 15 is 0 Å².